The van der Waals surface area contributed by atoms with Gasteiger partial charge in [-0.25, -0.2) is 4.98 Å². The summed E-state index contributed by atoms with van der Waals surface area (Å²) in [6, 6.07) is 13.8. The lowest BCUT2D eigenvalue weighted by atomic mass is 10.1. The molecule has 0 saturated heterocycles. The normalized spacial score (nSPS) is 10.9. The van der Waals surface area contributed by atoms with E-state index in [1.165, 1.54) is 11.3 Å². The maximum absolute atomic E-state index is 12.0. The van der Waals surface area contributed by atoms with E-state index in [-0.39, 0.29) is 12.5 Å². The van der Waals surface area contributed by atoms with Gasteiger partial charge >= 0.3 is 0 Å². The number of nitrogens with zero attached hydrogens (tertiary/aromatic N) is 1. The second-order valence-corrected chi connectivity index (χ2v) is 6.44. The van der Waals surface area contributed by atoms with Crippen LogP contribution in [0.4, 0.5) is 5.13 Å². The molecule has 0 spiro atoms. The van der Waals surface area contributed by atoms with Crippen LogP contribution in [0.1, 0.15) is 25.5 Å². The maximum Gasteiger partial charge on any atom is 0.264 e. The topological polar surface area (TPSA) is 51.2 Å². The van der Waals surface area contributed by atoms with Crippen LogP contribution in [-0.2, 0) is 4.79 Å². The molecule has 118 valence electrons. The van der Waals surface area contributed by atoms with E-state index in [4.69, 9.17) is 4.74 Å². The zero-order valence-electron chi connectivity index (χ0n) is 13.1. The van der Waals surface area contributed by atoms with Gasteiger partial charge in [0.15, 0.2) is 11.7 Å². The summed E-state index contributed by atoms with van der Waals surface area (Å²) in [6.45, 7) is 4.11. The van der Waals surface area contributed by atoms with E-state index in [1.54, 1.807) is 0 Å². The lowest BCUT2D eigenvalue weighted by Gasteiger charge is -2.07. The van der Waals surface area contributed by atoms with Crippen LogP contribution in [-0.4, -0.2) is 17.5 Å². The smallest absolute Gasteiger partial charge is 0.264 e. The van der Waals surface area contributed by atoms with Crippen molar-refractivity contribution >= 4 is 33.1 Å². The van der Waals surface area contributed by atoms with E-state index in [0.29, 0.717) is 16.8 Å². The summed E-state index contributed by atoms with van der Waals surface area (Å²) in [5.41, 5.74) is 0.987. The molecule has 0 atom stereocenters. The van der Waals surface area contributed by atoms with Crippen LogP contribution in [0.25, 0.3) is 10.8 Å². The SMILES string of the molecule is CC(C)c1csc(NC(=O)COc2ccc3ccccc3c2)n1. The molecule has 0 aliphatic heterocycles. The van der Waals surface area contributed by atoms with Crippen molar-refractivity contribution in [2.75, 3.05) is 11.9 Å². The van der Waals surface area contributed by atoms with Gasteiger partial charge in [-0.3, -0.25) is 10.1 Å². The molecule has 0 saturated carbocycles. The Morgan fingerprint density at radius 2 is 2.00 bits per heavy atom. The number of hydrogen-bond acceptors (Lipinski definition) is 4. The lowest BCUT2D eigenvalue weighted by molar-refractivity contribution is -0.118. The first-order chi connectivity index (χ1) is 11.1. The van der Waals surface area contributed by atoms with Gasteiger partial charge in [0, 0.05) is 5.38 Å². The minimum absolute atomic E-state index is 0.0328. The second kappa shape index (κ2) is 6.79. The monoisotopic (exact) mass is 326 g/mol. The summed E-state index contributed by atoms with van der Waals surface area (Å²) in [5.74, 6) is 0.828. The molecule has 0 bridgehead atoms. The van der Waals surface area contributed by atoms with Crippen molar-refractivity contribution < 1.29 is 9.53 Å². The number of thiazole rings is 1. The highest BCUT2D eigenvalue weighted by Gasteiger charge is 2.09. The zero-order chi connectivity index (χ0) is 16.2. The van der Waals surface area contributed by atoms with Gasteiger partial charge < -0.3 is 4.74 Å². The van der Waals surface area contributed by atoms with Gasteiger partial charge in [0.1, 0.15) is 5.75 Å². The van der Waals surface area contributed by atoms with Crippen molar-refractivity contribution in [3.63, 3.8) is 0 Å². The van der Waals surface area contributed by atoms with Gasteiger partial charge in [-0.1, -0.05) is 44.2 Å². The number of ether oxygens (including phenoxy) is 1. The van der Waals surface area contributed by atoms with Gasteiger partial charge in [-0.05, 0) is 28.8 Å². The largest absolute Gasteiger partial charge is 0.484 e. The highest BCUT2D eigenvalue weighted by molar-refractivity contribution is 7.13. The van der Waals surface area contributed by atoms with Crippen LogP contribution in [0, 0.1) is 0 Å². The van der Waals surface area contributed by atoms with Gasteiger partial charge in [-0.2, -0.15) is 0 Å². The fraction of sp³-hybridized carbons (Fsp3) is 0.222. The number of hydrogen-bond donors (Lipinski definition) is 1. The lowest BCUT2D eigenvalue weighted by Crippen LogP contribution is -2.20. The van der Waals surface area contributed by atoms with Crippen molar-refractivity contribution in [1.82, 2.24) is 4.98 Å². The van der Waals surface area contributed by atoms with E-state index in [0.717, 1.165) is 16.5 Å². The number of benzene rings is 2. The molecule has 4 nitrogen and oxygen atoms in total. The van der Waals surface area contributed by atoms with Crippen LogP contribution >= 0.6 is 11.3 Å². The fourth-order valence-electron chi connectivity index (χ4n) is 2.17. The Bertz CT molecular complexity index is 827. The van der Waals surface area contributed by atoms with Crippen molar-refractivity contribution in [3.05, 3.63) is 53.5 Å². The third kappa shape index (κ3) is 3.87. The van der Waals surface area contributed by atoms with Crippen molar-refractivity contribution in [3.8, 4) is 5.75 Å². The van der Waals surface area contributed by atoms with E-state index in [1.807, 2.05) is 47.8 Å². The molecule has 0 aliphatic rings. The van der Waals surface area contributed by atoms with Crippen LogP contribution in [0.15, 0.2) is 47.8 Å². The van der Waals surface area contributed by atoms with E-state index in [9.17, 15) is 4.79 Å². The molecule has 1 aromatic heterocycles. The minimum atomic E-state index is -0.206. The first-order valence-corrected chi connectivity index (χ1v) is 8.36. The predicted molar refractivity (Wildman–Crippen MR) is 94.3 cm³/mol. The molecule has 0 aliphatic carbocycles. The molecule has 1 heterocycles. The number of rotatable bonds is 5. The maximum atomic E-state index is 12.0. The highest BCUT2D eigenvalue weighted by Crippen LogP contribution is 2.22. The van der Waals surface area contributed by atoms with Gasteiger partial charge in [-0.15, -0.1) is 11.3 Å². The Kier molecular flexibility index (Phi) is 4.57. The molecule has 1 amide bonds. The molecule has 0 unspecified atom stereocenters. The summed E-state index contributed by atoms with van der Waals surface area (Å²) in [4.78, 5) is 16.3. The molecule has 0 radical (unpaired) electrons. The molecule has 0 fully saturated rings. The third-order valence-corrected chi connectivity index (χ3v) is 4.23. The number of aromatic nitrogens is 1. The molecule has 3 aromatic rings. The fourth-order valence-corrected chi connectivity index (χ4v) is 3.06. The summed E-state index contributed by atoms with van der Waals surface area (Å²) >= 11 is 1.43. The Morgan fingerprint density at radius 1 is 1.22 bits per heavy atom. The predicted octanol–water partition coefficient (Wildman–Crippen LogP) is 4.44. The number of anilines is 1. The highest BCUT2D eigenvalue weighted by atomic mass is 32.1. The van der Waals surface area contributed by atoms with E-state index >= 15 is 0 Å². The number of carbonyl (C=O) groups excluding carboxylic acids is 1. The van der Waals surface area contributed by atoms with Crippen molar-refractivity contribution in [1.29, 1.82) is 0 Å². The number of nitrogens with one attached hydrogen (secondary N) is 1. The zero-order valence-corrected chi connectivity index (χ0v) is 13.9. The Balaban J connectivity index is 1.59. The molecule has 23 heavy (non-hydrogen) atoms. The Morgan fingerprint density at radius 3 is 2.74 bits per heavy atom. The average molecular weight is 326 g/mol. The standard InChI is InChI=1S/C18H18N2O2S/c1-12(2)16-11-23-18(19-16)20-17(21)10-22-15-8-7-13-5-3-4-6-14(13)9-15/h3-9,11-12H,10H2,1-2H3,(H,19,20,21). The first-order valence-electron chi connectivity index (χ1n) is 7.48. The van der Waals surface area contributed by atoms with Crippen molar-refractivity contribution in [2.24, 2.45) is 0 Å². The first kappa shape index (κ1) is 15.5. The van der Waals surface area contributed by atoms with Crippen LogP contribution in [0.5, 0.6) is 5.75 Å². The quantitative estimate of drug-likeness (QED) is 0.754. The molecule has 2 aromatic carbocycles. The molecular weight excluding hydrogens is 308 g/mol. The van der Waals surface area contributed by atoms with Gasteiger partial charge in [0.2, 0.25) is 0 Å². The summed E-state index contributed by atoms with van der Waals surface area (Å²) in [6.07, 6.45) is 0. The molecule has 5 heteroatoms. The Hall–Kier alpha value is -2.40. The average Bonchev–Trinajstić information content (AvgIpc) is 3.01. The molecular formula is C18H18N2O2S. The van der Waals surface area contributed by atoms with Crippen LogP contribution in [0.3, 0.4) is 0 Å². The third-order valence-electron chi connectivity index (χ3n) is 3.45. The molecule has 3 rings (SSSR count). The van der Waals surface area contributed by atoms with Crippen LogP contribution in [0.2, 0.25) is 0 Å². The number of fused-ring (bicyclic) bond motifs is 1. The van der Waals surface area contributed by atoms with E-state index < -0.39 is 0 Å². The summed E-state index contributed by atoms with van der Waals surface area (Å²) in [7, 11) is 0. The van der Waals surface area contributed by atoms with E-state index in [2.05, 4.69) is 24.1 Å². The molecule has 1 N–H and O–H groups in total. The number of carbonyl (C=O) groups is 1. The minimum Gasteiger partial charge on any atom is -0.484 e. The van der Waals surface area contributed by atoms with Crippen molar-refractivity contribution in [2.45, 2.75) is 19.8 Å². The van der Waals surface area contributed by atoms with Crippen LogP contribution < -0.4 is 10.1 Å². The summed E-state index contributed by atoms with van der Waals surface area (Å²) in [5, 5.41) is 7.58. The Labute approximate surface area is 139 Å². The van der Waals surface area contributed by atoms with Gasteiger partial charge in [0.25, 0.3) is 5.91 Å². The second-order valence-electron chi connectivity index (χ2n) is 5.58. The summed E-state index contributed by atoms with van der Waals surface area (Å²) < 4.78 is 5.57. The number of amides is 1. The van der Waals surface area contributed by atoms with Gasteiger partial charge in [0.05, 0.1) is 5.69 Å².